The van der Waals surface area contributed by atoms with E-state index in [0.717, 1.165) is 0 Å². The molecule has 3 aromatic rings. The molecule has 0 fully saturated rings. The summed E-state index contributed by atoms with van der Waals surface area (Å²) in [6, 6.07) is 16.3. The van der Waals surface area contributed by atoms with Gasteiger partial charge < -0.3 is 15.1 Å². The SMILES string of the molecule is CC(=O)c1ccc(NC(=O)C(=Cc2ccco2)NC(=O)c2ccccc2Cl)cc1. The first-order chi connectivity index (χ1) is 13.9. The molecular formula is C22H17ClN2O4. The van der Waals surface area contributed by atoms with Gasteiger partial charge in [0, 0.05) is 17.3 Å². The topological polar surface area (TPSA) is 88.4 Å². The smallest absolute Gasteiger partial charge is 0.272 e. The summed E-state index contributed by atoms with van der Waals surface area (Å²) in [5, 5.41) is 5.52. The minimum Gasteiger partial charge on any atom is -0.465 e. The summed E-state index contributed by atoms with van der Waals surface area (Å²) in [5.41, 5.74) is 1.21. The summed E-state index contributed by atoms with van der Waals surface area (Å²) in [6.07, 6.45) is 2.87. The highest BCUT2D eigenvalue weighted by Gasteiger charge is 2.17. The van der Waals surface area contributed by atoms with Crippen LogP contribution in [0, 0.1) is 0 Å². The Morgan fingerprint density at radius 3 is 2.31 bits per heavy atom. The lowest BCUT2D eigenvalue weighted by atomic mass is 10.1. The van der Waals surface area contributed by atoms with Gasteiger partial charge >= 0.3 is 0 Å². The van der Waals surface area contributed by atoms with Crippen LogP contribution >= 0.6 is 11.6 Å². The lowest BCUT2D eigenvalue weighted by Crippen LogP contribution is -2.30. The van der Waals surface area contributed by atoms with Crippen molar-refractivity contribution in [3.8, 4) is 0 Å². The van der Waals surface area contributed by atoms with Crippen LogP contribution in [-0.4, -0.2) is 17.6 Å². The second-order valence-corrected chi connectivity index (χ2v) is 6.50. The number of rotatable bonds is 6. The van der Waals surface area contributed by atoms with Crippen molar-refractivity contribution in [1.29, 1.82) is 0 Å². The van der Waals surface area contributed by atoms with E-state index in [4.69, 9.17) is 16.0 Å². The number of carbonyl (C=O) groups excluding carboxylic acids is 3. The van der Waals surface area contributed by atoms with Crippen LogP contribution in [0.4, 0.5) is 5.69 Å². The molecule has 7 heteroatoms. The van der Waals surface area contributed by atoms with E-state index < -0.39 is 11.8 Å². The number of amides is 2. The monoisotopic (exact) mass is 408 g/mol. The highest BCUT2D eigenvalue weighted by atomic mass is 35.5. The third-order valence-electron chi connectivity index (χ3n) is 3.99. The fourth-order valence-electron chi connectivity index (χ4n) is 2.50. The number of ketones is 1. The Kier molecular flexibility index (Phi) is 6.26. The Morgan fingerprint density at radius 1 is 0.966 bits per heavy atom. The number of Topliss-reactive ketones (excluding diaryl/α,β-unsaturated/α-hetero) is 1. The van der Waals surface area contributed by atoms with Gasteiger partial charge in [0.1, 0.15) is 11.5 Å². The van der Waals surface area contributed by atoms with Gasteiger partial charge in [0.15, 0.2) is 5.78 Å². The van der Waals surface area contributed by atoms with Crippen molar-refractivity contribution in [3.05, 3.63) is 94.5 Å². The molecule has 2 aromatic carbocycles. The third-order valence-corrected chi connectivity index (χ3v) is 4.32. The summed E-state index contributed by atoms with van der Waals surface area (Å²) in [6.45, 7) is 1.46. The van der Waals surface area contributed by atoms with Crippen molar-refractivity contribution in [2.24, 2.45) is 0 Å². The summed E-state index contributed by atoms with van der Waals surface area (Å²) < 4.78 is 5.25. The number of carbonyl (C=O) groups is 3. The molecule has 0 saturated carbocycles. The number of nitrogens with one attached hydrogen (secondary N) is 2. The number of hydrogen-bond donors (Lipinski definition) is 2. The zero-order chi connectivity index (χ0) is 20.8. The molecule has 146 valence electrons. The molecule has 0 saturated heterocycles. The first-order valence-electron chi connectivity index (χ1n) is 8.67. The molecule has 0 aliphatic carbocycles. The zero-order valence-electron chi connectivity index (χ0n) is 15.4. The molecule has 0 atom stereocenters. The predicted molar refractivity (Wildman–Crippen MR) is 111 cm³/mol. The average Bonchev–Trinajstić information content (AvgIpc) is 3.21. The number of benzene rings is 2. The van der Waals surface area contributed by atoms with Gasteiger partial charge in [-0.05, 0) is 55.5 Å². The molecule has 3 rings (SSSR count). The fraction of sp³-hybridized carbons (Fsp3) is 0.0455. The van der Waals surface area contributed by atoms with Gasteiger partial charge in [-0.25, -0.2) is 0 Å². The van der Waals surface area contributed by atoms with Crippen LogP contribution in [0.2, 0.25) is 5.02 Å². The fourth-order valence-corrected chi connectivity index (χ4v) is 2.72. The summed E-state index contributed by atoms with van der Waals surface area (Å²) in [7, 11) is 0. The van der Waals surface area contributed by atoms with Gasteiger partial charge in [-0.2, -0.15) is 0 Å². The predicted octanol–water partition coefficient (Wildman–Crippen LogP) is 4.55. The molecule has 6 nitrogen and oxygen atoms in total. The van der Waals surface area contributed by atoms with Crippen molar-refractivity contribution in [2.75, 3.05) is 5.32 Å². The van der Waals surface area contributed by atoms with Gasteiger partial charge in [-0.15, -0.1) is 0 Å². The normalized spacial score (nSPS) is 11.0. The molecule has 0 radical (unpaired) electrons. The molecule has 2 N–H and O–H groups in total. The van der Waals surface area contributed by atoms with E-state index in [1.165, 1.54) is 19.3 Å². The van der Waals surface area contributed by atoms with Gasteiger partial charge in [0.2, 0.25) is 0 Å². The quantitative estimate of drug-likeness (QED) is 0.462. The van der Waals surface area contributed by atoms with Crippen LogP contribution in [0.1, 0.15) is 33.4 Å². The minimum atomic E-state index is -0.558. The third kappa shape index (κ3) is 5.21. The Balaban J connectivity index is 1.83. The van der Waals surface area contributed by atoms with Crippen molar-refractivity contribution in [1.82, 2.24) is 5.32 Å². The first-order valence-corrected chi connectivity index (χ1v) is 9.05. The Labute approximate surface area is 172 Å². The molecule has 0 bridgehead atoms. The van der Waals surface area contributed by atoms with E-state index in [9.17, 15) is 14.4 Å². The number of halogens is 1. The Morgan fingerprint density at radius 2 is 1.69 bits per heavy atom. The molecule has 2 amide bonds. The lowest BCUT2D eigenvalue weighted by Gasteiger charge is -2.11. The molecule has 0 aliphatic rings. The van der Waals surface area contributed by atoms with E-state index in [0.29, 0.717) is 17.0 Å². The molecule has 1 heterocycles. The second-order valence-electron chi connectivity index (χ2n) is 6.10. The molecule has 1 aromatic heterocycles. The molecule has 0 unspecified atom stereocenters. The van der Waals surface area contributed by atoms with Crippen molar-refractivity contribution in [3.63, 3.8) is 0 Å². The van der Waals surface area contributed by atoms with E-state index in [1.54, 1.807) is 60.7 Å². The van der Waals surface area contributed by atoms with Crippen LogP contribution in [0.25, 0.3) is 6.08 Å². The minimum absolute atomic E-state index is 0.0273. The highest BCUT2D eigenvalue weighted by molar-refractivity contribution is 6.34. The van der Waals surface area contributed by atoms with Gasteiger partial charge in [0.05, 0.1) is 16.8 Å². The average molecular weight is 409 g/mol. The van der Waals surface area contributed by atoms with E-state index in [2.05, 4.69) is 10.6 Å². The van der Waals surface area contributed by atoms with E-state index >= 15 is 0 Å². The molecule has 0 spiro atoms. The maximum absolute atomic E-state index is 12.8. The molecule has 29 heavy (non-hydrogen) atoms. The van der Waals surface area contributed by atoms with Crippen molar-refractivity contribution < 1.29 is 18.8 Å². The number of anilines is 1. The maximum Gasteiger partial charge on any atom is 0.272 e. The van der Waals surface area contributed by atoms with Gasteiger partial charge in [-0.1, -0.05) is 23.7 Å². The maximum atomic E-state index is 12.8. The van der Waals surface area contributed by atoms with Crippen LogP contribution in [0.5, 0.6) is 0 Å². The van der Waals surface area contributed by atoms with Gasteiger partial charge in [0.25, 0.3) is 11.8 Å². The van der Waals surface area contributed by atoms with Crippen molar-refractivity contribution >= 4 is 41.0 Å². The van der Waals surface area contributed by atoms with Crippen molar-refractivity contribution in [2.45, 2.75) is 6.92 Å². The van der Waals surface area contributed by atoms with Crippen LogP contribution in [0.3, 0.4) is 0 Å². The molecule has 0 aliphatic heterocycles. The number of furan rings is 1. The van der Waals surface area contributed by atoms with E-state index in [1.807, 2.05) is 0 Å². The largest absolute Gasteiger partial charge is 0.465 e. The lowest BCUT2D eigenvalue weighted by molar-refractivity contribution is -0.113. The van der Waals surface area contributed by atoms with Crippen LogP contribution in [-0.2, 0) is 4.79 Å². The standard InChI is InChI=1S/C22H17ClN2O4/c1-14(26)15-8-10-16(11-9-15)24-22(28)20(13-17-5-4-12-29-17)25-21(27)18-6-2-3-7-19(18)23/h2-13H,1H3,(H,24,28)(H,25,27). The van der Waals surface area contributed by atoms with Crippen LogP contribution < -0.4 is 10.6 Å². The second kappa shape index (κ2) is 9.03. The first kappa shape index (κ1) is 20.1. The summed E-state index contributed by atoms with van der Waals surface area (Å²) in [4.78, 5) is 36.8. The summed E-state index contributed by atoms with van der Waals surface area (Å²) in [5.74, 6) is -0.775. The number of hydrogen-bond acceptors (Lipinski definition) is 4. The van der Waals surface area contributed by atoms with Crippen LogP contribution in [0.15, 0.2) is 77.0 Å². The molecular weight excluding hydrogens is 392 g/mol. The van der Waals surface area contributed by atoms with E-state index in [-0.39, 0.29) is 22.1 Å². The highest BCUT2D eigenvalue weighted by Crippen LogP contribution is 2.17. The Hall–Kier alpha value is -3.64. The Bertz CT molecular complexity index is 1070. The zero-order valence-corrected chi connectivity index (χ0v) is 16.2. The van der Waals surface area contributed by atoms with Gasteiger partial charge in [-0.3, -0.25) is 14.4 Å². The summed E-state index contributed by atoms with van der Waals surface area (Å²) >= 11 is 6.07.